The van der Waals surface area contributed by atoms with Crippen LogP contribution < -0.4 is 11.1 Å². The number of nitrogens with one attached hydrogen (secondary N) is 1. The van der Waals surface area contributed by atoms with E-state index >= 15 is 0 Å². The van der Waals surface area contributed by atoms with E-state index < -0.39 is 0 Å². The number of amides is 1. The quantitative estimate of drug-likeness (QED) is 0.899. The Bertz CT molecular complexity index is 474. The van der Waals surface area contributed by atoms with Crippen molar-refractivity contribution < 1.29 is 4.79 Å². The van der Waals surface area contributed by atoms with Crippen LogP contribution in [0.25, 0.3) is 0 Å². The number of halogens is 1. The molecule has 1 fully saturated rings. The molecule has 1 amide bonds. The fourth-order valence-corrected chi connectivity index (χ4v) is 3.99. The third-order valence-corrected chi connectivity index (χ3v) is 5.98. The molecule has 19 heavy (non-hydrogen) atoms. The Morgan fingerprint density at radius 1 is 1.63 bits per heavy atom. The fraction of sp³-hybridized carbons (Fsp3) is 0.643. The predicted molar refractivity (Wildman–Crippen MR) is 80.9 cm³/mol. The van der Waals surface area contributed by atoms with Gasteiger partial charge >= 0.3 is 0 Å². The van der Waals surface area contributed by atoms with Crippen molar-refractivity contribution in [1.29, 1.82) is 0 Å². The van der Waals surface area contributed by atoms with Gasteiger partial charge in [0.2, 0.25) is 0 Å². The normalized spacial score (nSPS) is 27.3. The number of aryl methyl sites for hydroxylation is 1. The van der Waals surface area contributed by atoms with Crippen LogP contribution in [0.5, 0.6) is 0 Å². The van der Waals surface area contributed by atoms with E-state index in [2.05, 4.69) is 12.2 Å². The number of nitrogens with two attached hydrogens (primary N) is 1. The largest absolute Gasteiger partial charge is 0.344 e. The zero-order valence-corrected chi connectivity index (χ0v) is 13.0. The molecule has 1 aliphatic rings. The summed E-state index contributed by atoms with van der Waals surface area (Å²) in [7, 11) is 0. The molecule has 3 N–H and O–H groups in total. The van der Waals surface area contributed by atoms with Crippen LogP contribution in [0.15, 0.2) is 5.38 Å². The van der Waals surface area contributed by atoms with Gasteiger partial charge in [-0.05, 0) is 36.6 Å². The van der Waals surface area contributed by atoms with E-state index in [1.807, 2.05) is 12.3 Å². The fourth-order valence-electron chi connectivity index (χ4n) is 2.82. The minimum atomic E-state index is -0.267. The summed E-state index contributed by atoms with van der Waals surface area (Å²) in [6.07, 6.45) is 4.42. The van der Waals surface area contributed by atoms with Crippen molar-refractivity contribution in [1.82, 2.24) is 5.32 Å². The van der Waals surface area contributed by atoms with Gasteiger partial charge in [0.25, 0.3) is 5.91 Å². The predicted octanol–water partition coefficient (Wildman–Crippen LogP) is 3.35. The Hall–Kier alpha value is -0.580. The highest BCUT2D eigenvalue weighted by Gasteiger charge is 2.38. The molecule has 0 aromatic carbocycles. The molecular formula is C14H21ClN2OS. The maximum Gasteiger partial charge on any atom is 0.263 e. The van der Waals surface area contributed by atoms with E-state index in [9.17, 15) is 4.79 Å². The summed E-state index contributed by atoms with van der Waals surface area (Å²) in [6, 6.07) is 0. The molecule has 2 rings (SSSR count). The zero-order chi connectivity index (χ0) is 14.0. The first-order chi connectivity index (χ1) is 9.00. The molecule has 0 spiro atoms. The molecular weight excluding hydrogens is 280 g/mol. The van der Waals surface area contributed by atoms with Gasteiger partial charge in [-0.2, -0.15) is 0 Å². The highest BCUT2D eigenvalue weighted by Crippen LogP contribution is 2.34. The summed E-state index contributed by atoms with van der Waals surface area (Å²) in [5.41, 5.74) is 6.64. The van der Waals surface area contributed by atoms with Gasteiger partial charge in [0.1, 0.15) is 4.88 Å². The lowest BCUT2D eigenvalue weighted by molar-refractivity contribution is 0.0817. The summed E-state index contributed by atoms with van der Waals surface area (Å²) in [5, 5.41) is 5.65. The van der Waals surface area contributed by atoms with Gasteiger partial charge in [0, 0.05) is 6.54 Å². The molecule has 2 unspecified atom stereocenters. The van der Waals surface area contributed by atoms with E-state index in [0.29, 0.717) is 22.4 Å². The zero-order valence-electron chi connectivity index (χ0n) is 11.5. The summed E-state index contributed by atoms with van der Waals surface area (Å²) >= 11 is 7.56. The first-order valence-electron chi connectivity index (χ1n) is 6.76. The minimum Gasteiger partial charge on any atom is -0.344 e. The molecule has 1 heterocycles. The maximum absolute atomic E-state index is 12.4. The number of hydrogen-bond donors (Lipinski definition) is 2. The average molecular weight is 301 g/mol. The van der Waals surface area contributed by atoms with Crippen molar-refractivity contribution in [3.8, 4) is 0 Å². The monoisotopic (exact) mass is 300 g/mol. The minimum absolute atomic E-state index is 0.0812. The Labute approximate surface area is 123 Å². The second kappa shape index (κ2) is 5.81. The second-order valence-electron chi connectivity index (χ2n) is 5.52. The molecule has 0 radical (unpaired) electrons. The van der Waals surface area contributed by atoms with Crippen LogP contribution in [0.4, 0.5) is 0 Å². The van der Waals surface area contributed by atoms with E-state index in [1.54, 1.807) is 0 Å². The second-order valence-corrected chi connectivity index (χ2v) is 6.78. The SMILES string of the molecule is Cc1csc(C(=O)NC2(CN)CCCCC2C)c1Cl. The maximum atomic E-state index is 12.4. The van der Waals surface area contributed by atoms with E-state index in [0.717, 1.165) is 24.8 Å². The molecule has 0 bridgehead atoms. The van der Waals surface area contributed by atoms with Crippen molar-refractivity contribution in [2.75, 3.05) is 6.54 Å². The topological polar surface area (TPSA) is 55.1 Å². The van der Waals surface area contributed by atoms with Gasteiger partial charge in [0.15, 0.2) is 0 Å². The lowest BCUT2D eigenvalue weighted by atomic mass is 9.73. The number of rotatable bonds is 3. The third kappa shape index (κ3) is 2.81. The van der Waals surface area contributed by atoms with E-state index in [4.69, 9.17) is 17.3 Å². The molecule has 106 valence electrons. The Morgan fingerprint density at radius 2 is 2.37 bits per heavy atom. The van der Waals surface area contributed by atoms with Crippen molar-refractivity contribution in [2.24, 2.45) is 11.7 Å². The summed E-state index contributed by atoms with van der Waals surface area (Å²) in [5.74, 6) is 0.331. The molecule has 5 heteroatoms. The molecule has 0 aliphatic heterocycles. The molecule has 1 aromatic heterocycles. The molecule has 1 saturated carbocycles. The van der Waals surface area contributed by atoms with Crippen LogP contribution in [-0.2, 0) is 0 Å². The van der Waals surface area contributed by atoms with Gasteiger partial charge < -0.3 is 11.1 Å². The van der Waals surface area contributed by atoms with Gasteiger partial charge in [-0.1, -0.05) is 31.4 Å². The van der Waals surface area contributed by atoms with Crippen LogP contribution in [-0.4, -0.2) is 18.0 Å². The Kier molecular flexibility index (Phi) is 4.54. The standard InChI is InChI=1S/C14H21ClN2OS/c1-9-7-19-12(11(9)15)13(18)17-14(8-16)6-4-3-5-10(14)2/h7,10H,3-6,8,16H2,1-2H3,(H,17,18). The lowest BCUT2D eigenvalue weighted by Gasteiger charge is -2.42. The molecule has 2 atom stereocenters. The number of carbonyl (C=O) groups excluding carboxylic acids is 1. The van der Waals surface area contributed by atoms with Crippen LogP contribution in [0.1, 0.15) is 47.8 Å². The van der Waals surface area contributed by atoms with Crippen molar-refractivity contribution in [3.63, 3.8) is 0 Å². The van der Waals surface area contributed by atoms with Crippen LogP contribution in [0.3, 0.4) is 0 Å². The summed E-state index contributed by atoms with van der Waals surface area (Å²) in [4.78, 5) is 13.0. The van der Waals surface area contributed by atoms with E-state index in [-0.39, 0.29) is 11.4 Å². The van der Waals surface area contributed by atoms with Gasteiger partial charge in [0.05, 0.1) is 10.6 Å². The third-order valence-electron chi connectivity index (χ3n) is 4.29. The van der Waals surface area contributed by atoms with Crippen LogP contribution in [0, 0.1) is 12.8 Å². The average Bonchev–Trinajstić information content (AvgIpc) is 2.73. The first kappa shape index (κ1) is 14.8. The van der Waals surface area contributed by atoms with E-state index in [1.165, 1.54) is 17.8 Å². The highest BCUT2D eigenvalue weighted by atomic mass is 35.5. The summed E-state index contributed by atoms with van der Waals surface area (Å²) < 4.78 is 0. The van der Waals surface area contributed by atoms with Gasteiger partial charge in [-0.15, -0.1) is 11.3 Å². The smallest absolute Gasteiger partial charge is 0.263 e. The van der Waals surface area contributed by atoms with Gasteiger partial charge in [-0.3, -0.25) is 4.79 Å². The molecule has 3 nitrogen and oxygen atoms in total. The first-order valence-corrected chi connectivity index (χ1v) is 8.02. The van der Waals surface area contributed by atoms with Crippen molar-refractivity contribution in [3.05, 3.63) is 20.8 Å². The van der Waals surface area contributed by atoms with Crippen molar-refractivity contribution >= 4 is 28.8 Å². The van der Waals surface area contributed by atoms with Crippen molar-refractivity contribution in [2.45, 2.75) is 45.1 Å². The lowest BCUT2D eigenvalue weighted by Crippen LogP contribution is -2.59. The Morgan fingerprint density at radius 3 is 2.89 bits per heavy atom. The molecule has 1 aliphatic carbocycles. The Balaban J connectivity index is 2.18. The molecule has 1 aromatic rings. The van der Waals surface area contributed by atoms with Crippen LogP contribution in [0.2, 0.25) is 5.02 Å². The van der Waals surface area contributed by atoms with Crippen LogP contribution >= 0.6 is 22.9 Å². The number of carbonyl (C=O) groups is 1. The van der Waals surface area contributed by atoms with Gasteiger partial charge in [-0.25, -0.2) is 0 Å². The highest BCUT2D eigenvalue weighted by molar-refractivity contribution is 7.13. The summed E-state index contributed by atoms with van der Waals surface area (Å²) in [6.45, 7) is 4.58. The number of hydrogen-bond acceptors (Lipinski definition) is 3. The number of thiophene rings is 1. The molecule has 0 saturated heterocycles.